The highest BCUT2D eigenvalue weighted by Gasteiger charge is 2.06. The number of carbonyl (C=O) groups is 1. The summed E-state index contributed by atoms with van der Waals surface area (Å²) in [5.74, 6) is 1.01. The minimum absolute atomic E-state index is 0.292. The average molecular weight is 505 g/mol. The number of benzene rings is 4. The van der Waals surface area contributed by atoms with Crippen LogP contribution in [-0.4, -0.2) is 12.1 Å². The SMILES string of the molecule is O=C(N/N=C\c1cccc(OCc2ccccc2)c1)c1ccc(OCc2ccc(Cl)cc2Cl)cc1. The molecule has 1 amide bonds. The van der Waals surface area contributed by atoms with Gasteiger partial charge in [0.15, 0.2) is 0 Å². The van der Waals surface area contributed by atoms with E-state index in [4.69, 9.17) is 32.7 Å². The largest absolute Gasteiger partial charge is 0.489 e. The van der Waals surface area contributed by atoms with Crippen molar-refractivity contribution in [3.05, 3.63) is 129 Å². The summed E-state index contributed by atoms with van der Waals surface area (Å²) in [5, 5.41) is 5.17. The van der Waals surface area contributed by atoms with Crippen LogP contribution in [0.2, 0.25) is 10.0 Å². The van der Waals surface area contributed by atoms with E-state index < -0.39 is 0 Å². The fourth-order valence-corrected chi connectivity index (χ4v) is 3.62. The molecule has 0 saturated carbocycles. The predicted molar refractivity (Wildman–Crippen MR) is 140 cm³/mol. The Hall–Kier alpha value is -3.80. The second-order valence-electron chi connectivity index (χ2n) is 7.59. The number of hydrogen-bond acceptors (Lipinski definition) is 4. The summed E-state index contributed by atoms with van der Waals surface area (Å²) in [6.07, 6.45) is 1.57. The van der Waals surface area contributed by atoms with E-state index in [1.54, 1.807) is 42.6 Å². The summed E-state index contributed by atoms with van der Waals surface area (Å²) in [6.45, 7) is 0.768. The lowest BCUT2D eigenvalue weighted by Gasteiger charge is -2.09. The zero-order valence-corrected chi connectivity index (χ0v) is 20.2. The molecule has 35 heavy (non-hydrogen) atoms. The molecule has 4 rings (SSSR count). The van der Waals surface area contributed by atoms with E-state index in [2.05, 4.69) is 10.5 Å². The number of carbonyl (C=O) groups excluding carboxylic acids is 1. The summed E-state index contributed by atoms with van der Waals surface area (Å²) in [7, 11) is 0. The number of ether oxygens (including phenoxy) is 2. The molecule has 0 aromatic heterocycles. The molecule has 0 saturated heterocycles. The molecule has 0 atom stereocenters. The van der Waals surface area contributed by atoms with E-state index in [1.165, 1.54) is 0 Å². The van der Waals surface area contributed by atoms with Crippen molar-refractivity contribution in [2.24, 2.45) is 5.10 Å². The third-order valence-corrected chi connectivity index (χ3v) is 5.60. The number of nitrogens with one attached hydrogen (secondary N) is 1. The Balaban J connectivity index is 1.27. The van der Waals surface area contributed by atoms with E-state index in [0.29, 0.717) is 34.6 Å². The molecule has 0 aliphatic carbocycles. The van der Waals surface area contributed by atoms with Gasteiger partial charge in [0, 0.05) is 21.2 Å². The highest BCUT2D eigenvalue weighted by molar-refractivity contribution is 6.35. The minimum Gasteiger partial charge on any atom is -0.489 e. The fourth-order valence-electron chi connectivity index (χ4n) is 3.16. The topological polar surface area (TPSA) is 59.9 Å². The first-order valence-electron chi connectivity index (χ1n) is 10.8. The lowest BCUT2D eigenvalue weighted by atomic mass is 10.2. The maximum absolute atomic E-state index is 12.4. The first kappa shape index (κ1) is 24.3. The van der Waals surface area contributed by atoms with Gasteiger partial charge in [0.25, 0.3) is 5.91 Å². The van der Waals surface area contributed by atoms with Crippen molar-refractivity contribution in [1.29, 1.82) is 0 Å². The monoisotopic (exact) mass is 504 g/mol. The lowest BCUT2D eigenvalue weighted by Crippen LogP contribution is -2.17. The normalized spacial score (nSPS) is 10.8. The summed E-state index contributed by atoms with van der Waals surface area (Å²) in [4.78, 5) is 12.4. The van der Waals surface area contributed by atoms with E-state index in [9.17, 15) is 4.79 Å². The molecule has 0 radical (unpaired) electrons. The van der Waals surface area contributed by atoms with Crippen LogP contribution in [0.5, 0.6) is 11.5 Å². The standard InChI is InChI=1S/C28H22Cl2N2O3/c29-24-12-9-23(27(30)16-24)19-35-25-13-10-22(11-14-25)28(33)32-31-17-21-7-4-8-26(15-21)34-18-20-5-2-1-3-6-20/h1-17H,18-19H2,(H,32,33)/b31-17-. The van der Waals surface area contributed by atoms with Crippen LogP contribution >= 0.6 is 23.2 Å². The van der Waals surface area contributed by atoms with Gasteiger partial charge in [-0.1, -0.05) is 71.7 Å². The molecule has 176 valence electrons. The quantitative estimate of drug-likeness (QED) is 0.199. The zero-order chi connectivity index (χ0) is 24.5. The number of hydrazone groups is 1. The van der Waals surface area contributed by atoms with Crippen molar-refractivity contribution in [2.45, 2.75) is 13.2 Å². The number of amides is 1. The highest BCUT2D eigenvalue weighted by atomic mass is 35.5. The molecule has 0 unspecified atom stereocenters. The van der Waals surface area contributed by atoms with Crippen LogP contribution in [0.25, 0.3) is 0 Å². The number of nitrogens with zero attached hydrogens (tertiary/aromatic N) is 1. The van der Waals surface area contributed by atoms with Crippen molar-refractivity contribution in [1.82, 2.24) is 5.43 Å². The molecule has 4 aromatic rings. The number of halogens is 2. The van der Waals surface area contributed by atoms with Gasteiger partial charge >= 0.3 is 0 Å². The Morgan fingerprint density at radius 3 is 2.34 bits per heavy atom. The zero-order valence-electron chi connectivity index (χ0n) is 18.7. The summed E-state index contributed by atoms with van der Waals surface area (Å²) in [6, 6.07) is 29.4. The molecule has 7 heteroatoms. The summed E-state index contributed by atoms with van der Waals surface area (Å²) < 4.78 is 11.6. The Kier molecular flexibility index (Phi) is 8.39. The van der Waals surface area contributed by atoms with Crippen molar-refractivity contribution in [3.8, 4) is 11.5 Å². The van der Waals surface area contributed by atoms with Crippen molar-refractivity contribution in [3.63, 3.8) is 0 Å². The Morgan fingerprint density at radius 2 is 1.57 bits per heavy atom. The molecular weight excluding hydrogens is 483 g/mol. The molecule has 0 fully saturated rings. The van der Waals surface area contributed by atoms with Gasteiger partial charge in [-0.15, -0.1) is 0 Å². The van der Waals surface area contributed by atoms with Crippen LogP contribution < -0.4 is 14.9 Å². The van der Waals surface area contributed by atoms with Gasteiger partial charge in [-0.25, -0.2) is 5.43 Å². The fraction of sp³-hybridized carbons (Fsp3) is 0.0714. The molecule has 1 N–H and O–H groups in total. The molecule has 0 bridgehead atoms. The van der Waals surface area contributed by atoms with Crippen LogP contribution in [0.15, 0.2) is 102 Å². The second-order valence-corrected chi connectivity index (χ2v) is 8.44. The second kappa shape index (κ2) is 12.1. The Bertz CT molecular complexity index is 1310. The van der Waals surface area contributed by atoms with Crippen LogP contribution in [0.3, 0.4) is 0 Å². The van der Waals surface area contributed by atoms with Gasteiger partial charge in [0.2, 0.25) is 0 Å². The van der Waals surface area contributed by atoms with Crippen molar-refractivity contribution in [2.75, 3.05) is 0 Å². The molecule has 0 spiro atoms. The van der Waals surface area contributed by atoms with Gasteiger partial charge < -0.3 is 9.47 Å². The maximum atomic E-state index is 12.4. The van der Waals surface area contributed by atoms with Crippen molar-refractivity contribution >= 4 is 35.3 Å². The minimum atomic E-state index is -0.329. The molecule has 4 aromatic carbocycles. The van der Waals surface area contributed by atoms with E-state index in [-0.39, 0.29) is 5.91 Å². The van der Waals surface area contributed by atoms with Gasteiger partial charge in [-0.05, 0) is 59.7 Å². The highest BCUT2D eigenvalue weighted by Crippen LogP contribution is 2.23. The maximum Gasteiger partial charge on any atom is 0.271 e. The molecular formula is C28H22Cl2N2O3. The first-order valence-corrected chi connectivity index (χ1v) is 11.6. The molecule has 0 aliphatic rings. The summed E-state index contributed by atoms with van der Waals surface area (Å²) >= 11 is 12.1. The Morgan fingerprint density at radius 1 is 0.800 bits per heavy atom. The van der Waals surface area contributed by atoms with Gasteiger partial charge in [-0.3, -0.25) is 4.79 Å². The lowest BCUT2D eigenvalue weighted by molar-refractivity contribution is 0.0955. The van der Waals surface area contributed by atoms with Crippen LogP contribution in [0.4, 0.5) is 0 Å². The van der Waals surface area contributed by atoms with Crippen molar-refractivity contribution < 1.29 is 14.3 Å². The van der Waals surface area contributed by atoms with E-state index in [0.717, 1.165) is 22.4 Å². The smallest absolute Gasteiger partial charge is 0.271 e. The van der Waals surface area contributed by atoms with Crippen LogP contribution in [-0.2, 0) is 13.2 Å². The van der Waals surface area contributed by atoms with Crippen LogP contribution in [0.1, 0.15) is 27.0 Å². The van der Waals surface area contributed by atoms with E-state index >= 15 is 0 Å². The van der Waals surface area contributed by atoms with Crippen LogP contribution in [0, 0.1) is 0 Å². The predicted octanol–water partition coefficient (Wildman–Crippen LogP) is 6.92. The number of rotatable bonds is 9. The summed E-state index contributed by atoms with van der Waals surface area (Å²) in [5.41, 5.74) is 5.71. The van der Waals surface area contributed by atoms with Gasteiger partial charge in [0.1, 0.15) is 24.7 Å². The third kappa shape index (κ3) is 7.34. The third-order valence-electron chi connectivity index (χ3n) is 5.01. The van der Waals surface area contributed by atoms with Gasteiger partial charge in [-0.2, -0.15) is 5.10 Å². The van der Waals surface area contributed by atoms with Gasteiger partial charge in [0.05, 0.1) is 6.21 Å². The molecule has 5 nitrogen and oxygen atoms in total. The first-order chi connectivity index (χ1) is 17.1. The average Bonchev–Trinajstić information content (AvgIpc) is 2.88. The molecule has 0 heterocycles. The molecule has 0 aliphatic heterocycles. The Labute approximate surface area is 213 Å². The van der Waals surface area contributed by atoms with E-state index in [1.807, 2.05) is 60.7 Å². The number of hydrogen-bond donors (Lipinski definition) is 1.